The third-order valence-electron chi connectivity index (χ3n) is 4.52. The highest BCUT2D eigenvalue weighted by molar-refractivity contribution is 7.19. The molecular weight excluding hydrogens is 465 g/mol. The second-order valence-corrected chi connectivity index (χ2v) is 8.44. The Morgan fingerprint density at radius 2 is 1.91 bits per heavy atom. The summed E-state index contributed by atoms with van der Waals surface area (Å²) in [4.78, 5) is 29.7. The Morgan fingerprint density at radius 1 is 1.19 bits per heavy atom. The number of hydrogen-bond donors (Lipinski definition) is 1. The number of alkyl halides is 3. The summed E-state index contributed by atoms with van der Waals surface area (Å²) in [5.74, 6) is -0.758. The van der Waals surface area contributed by atoms with Crippen molar-refractivity contribution < 1.29 is 18.0 Å². The summed E-state index contributed by atoms with van der Waals surface area (Å²) in [5, 5.41) is 7.26. The average molecular weight is 479 g/mol. The van der Waals surface area contributed by atoms with E-state index in [0.717, 1.165) is 28.4 Å². The van der Waals surface area contributed by atoms with E-state index < -0.39 is 29.8 Å². The maximum atomic E-state index is 13.0. The molecule has 164 valence electrons. The normalized spacial score (nSPS) is 11.7. The number of amides is 1. The molecule has 0 bridgehead atoms. The predicted molar refractivity (Wildman–Crippen MR) is 117 cm³/mol. The first-order chi connectivity index (χ1) is 15.1. The summed E-state index contributed by atoms with van der Waals surface area (Å²) < 4.78 is 40.5. The Labute approximate surface area is 188 Å². The number of thiazole rings is 1. The van der Waals surface area contributed by atoms with Gasteiger partial charge in [0.2, 0.25) is 5.91 Å². The van der Waals surface area contributed by atoms with Gasteiger partial charge in [-0.15, -0.1) is 11.3 Å². The van der Waals surface area contributed by atoms with E-state index in [9.17, 15) is 22.8 Å². The Hall–Kier alpha value is -3.24. The fraction of sp³-hybridized carbons (Fsp3) is 0.143. The fourth-order valence-electron chi connectivity index (χ4n) is 3.08. The van der Waals surface area contributed by atoms with Gasteiger partial charge in [-0.3, -0.25) is 9.59 Å². The molecule has 6 nitrogen and oxygen atoms in total. The van der Waals surface area contributed by atoms with Crippen molar-refractivity contribution in [2.45, 2.75) is 19.6 Å². The molecule has 2 heterocycles. The first kappa shape index (κ1) is 22.0. The molecule has 1 amide bonds. The van der Waals surface area contributed by atoms with Gasteiger partial charge >= 0.3 is 6.18 Å². The number of hydrogen-bond acceptors (Lipinski definition) is 5. The molecule has 1 N–H and O–H groups in total. The number of benzene rings is 2. The standard InChI is InChI=1S/C21H14ClF3N4O2S/c1-11-26-18-19(32-11)17(12-5-3-2-4-6-12)28-29(20(18)31)10-16(30)27-15-9-13(21(23,24)25)7-8-14(15)22/h2-9H,10H2,1H3,(H,27,30). The highest BCUT2D eigenvalue weighted by Gasteiger charge is 2.31. The first-order valence-electron chi connectivity index (χ1n) is 9.24. The van der Waals surface area contributed by atoms with Crippen LogP contribution in [0.5, 0.6) is 0 Å². The topological polar surface area (TPSA) is 76.9 Å². The van der Waals surface area contributed by atoms with Crippen LogP contribution in [0.25, 0.3) is 21.5 Å². The monoisotopic (exact) mass is 478 g/mol. The molecule has 0 aliphatic heterocycles. The molecule has 4 aromatic rings. The Morgan fingerprint density at radius 3 is 2.59 bits per heavy atom. The molecule has 0 spiro atoms. The van der Waals surface area contributed by atoms with E-state index >= 15 is 0 Å². The summed E-state index contributed by atoms with van der Waals surface area (Å²) in [6.45, 7) is 1.23. The predicted octanol–water partition coefficient (Wildman–Crippen LogP) is 5.14. The number of carbonyl (C=O) groups is 1. The minimum absolute atomic E-state index is 0.0674. The molecule has 0 fully saturated rings. The quantitative estimate of drug-likeness (QED) is 0.440. The number of anilines is 1. The fourth-order valence-corrected chi connectivity index (χ4v) is 4.16. The van der Waals surface area contributed by atoms with Crippen molar-refractivity contribution in [3.05, 3.63) is 74.5 Å². The molecule has 0 atom stereocenters. The SMILES string of the molecule is Cc1nc2c(=O)n(CC(=O)Nc3cc(C(F)(F)F)ccc3Cl)nc(-c3ccccc3)c2s1. The van der Waals surface area contributed by atoms with Gasteiger partial charge in [0.15, 0.2) is 5.52 Å². The Balaban J connectivity index is 1.70. The molecule has 0 radical (unpaired) electrons. The van der Waals surface area contributed by atoms with E-state index in [1.807, 2.05) is 30.3 Å². The molecule has 0 aliphatic rings. The molecule has 11 heteroatoms. The number of nitrogens with zero attached hydrogens (tertiary/aromatic N) is 3. The van der Waals surface area contributed by atoms with Crippen LogP contribution in [0.1, 0.15) is 10.6 Å². The van der Waals surface area contributed by atoms with Gasteiger partial charge in [-0.25, -0.2) is 9.67 Å². The molecule has 0 saturated carbocycles. The van der Waals surface area contributed by atoms with Crippen LogP contribution in [0.3, 0.4) is 0 Å². The second kappa shape index (κ2) is 8.36. The number of rotatable bonds is 4. The van der Waals surface area contributed by atoms with Crippen molar-refractivity contribution >= 4 is 44.7 Å². The van der Waals surface area contributed by atoms with Gasteiger partial charge in [0.05, 0.1) is 26.0 Å². The van der Waals surface area contributed by atoms with E-state index in [4.69, 9.17) is 11.6 Å². The smallest absolute Gasteiger partial charge is 0.323 e. The maximum Gasteiger partial charge on any atom is 0.416 e. The number of aromatic nitrogens is 3. The lowest BCUT2D eigenvalue weighted by Gasteiger charge is -2.12. The maximum absolute atomic E-state index is 13.0. The Kier molecular flexibility index (Phi) is 5.74. The summed E-state index contributed by atoms with van der Waals surface area (Å²) in [5.41, 5.74) is -0.362. The van der Waals surface area contributed by atoms with Gasteiger partial charge in [0, 0.05) is 5.56 Å². The summed E-state index contributed by atoms with van der Waals surface area (Å²) >= 11 is 7.25. The molecule has 0 saturated heterocycles. The lowest BCUT2D eigenvalue weighted by molar-refractivity contribution is -0.137. The van der Waals surface area contributed by atoms with E-state index in [0.29, 0.717) is 15.4 Å². The van der Waals surface area contributed by atoms with Crippen LogP contribution >= 0.6 is 22.9 Å². The first-order valence-corrected chi connectivity index (χ1v) is 10.4. The van der Waals surface area contributed by atoms with Gasteiger partial charge in [-0.1, -0.05) is 41.9 Å². The second-order valence-electron chi connectivity index (χ2n) is 6.83. The van der Waals surface area contributed by atoms with E-state index in [2.05, 4.69) is 15.4 Å². The van der Waals surface area contributed by atoms with Crippen molar-refractivity contribution in [1.82, 2.24) is 14.8 Å². The van der Waals surface area contributed by atoms with Gasteiger partial charge in [0.25, 0.3) is 5.56 Å². The highest BCUT2D eigenvalue weighted by Crippen LogP contribution is 2.34. The number of halogens is 4. The van der Waals surface area contributed by atoms with Crippen molar-refractivity contribution in [2.75, 3.05) is 5.32 Å². The number of fused-ring (bicyclic) bond motifs is 1. The molecule has 32 heavy (non-hydrogen) atoms. The van der Waals surface area contributed by atoms with Crippen LogP contribution in [0.2, 0.25) is 5.02 Å². The number of carbonyl (C=O) groups excluding carboxylic acids is 1. The van der Waals surface area contributed by atoms with Crippen LogP contribution in [0.4, 0.5) is 18.9 Å². The zero-order valence-corrected chi connectivity index (χ0v) is 18.0. The minimum atomic E-state index is -4.60. The molecule has 2 aromatic carbocycles. The molecule has 2 aromatic heterocycles. The van der Waals surface area contributed by atoms with Crippen LogP contribution in [0.15, 0.2) is 53.3 Å². The van der Waals surface area contributed by atoms with E-state index in [1.54, 1.807) is 6.92 Å². The third-order valence-corrected chi connectivity index (χ3v) is 5.82. The zero-order chi connectivity index (χ0) is 23.0. The minimum Gasteiger partial charge on any atom is -0.323 e. The van der Waals surface area contributed by atoms with Gasteiger partial charge in [-0.05, 0) is 25.1 Å². The van der Waals surface area contributed by atoms with E-state index in [1.165, 1.54) is 11.3 Å². The lowest BCUT2D eigenvalue weighted by Crippen LogP contribution is -2.30. The molecule has 4 rings (SSSR count). The van der Waals surface area contributed by atoms with Crippen molar-refractivity contribution in [2.24, 2.45) is 0 Å². The molecule has 0 aliphatic carbocycles. The lowest BCUT2D eigenvalue weighted by atomic mass is 10.1. The Bertz CT molecular complexity index is 1380. The van der Waals surface area contributed by atoms with Crippen molar-refractivity contribution in [1.29, 1.82) is 0 Å². The van der Waals surface area contributed by atoms with Crippen LogP contribution in [-0.2, 0) is 17.5 Å². The van der Waals surface area contributed by atoms with Crippen molar-refractivity contribution in [3.63, 3.8) is 0 Å². The van der Waals surface area contributed by atoms with E-state index in [-0.39, 0.29) is 16.2 Å². The largest absolute Gasteiger partial charge is 0.416 e. The van der Waals surface area contributed by atoms with Gasteiger partial charge in [0.1, 0.15) is 12.2 Å². The molecular formula is C21H14ClF3N4O2S. The average Bonchev–Trinajstić information content (AvgIpc) is 3.13. The third kappa shape index (κ3) is 4.37. The number of aryl methyl sites for hydroxylation is 1. The highest BCUT2D eigenvalue weighted by atomic mass is 35.5. The van der Waals surface area contributed by atoms with Crippen LogP contribution in [0, 0.1) is 6.92 Å². The van der Waals surface area contributed by atoms with Crippen LogP contribution < -0.4 is 10.9 Å². The summed E-state index contributed by atoms with van der Waals surface area (Å²) in [7, 11) is 0. The van der Waals surface area contributed by atoms with Crippen LogP contribution in [-0.4, -0.2) is 20.7 Å². The van der Waals surface area contributed by atoms with Gasteiger partial charge in [-0.2, -0.15) is 18.3 Å². The van der Waals surface area contributed by atoms with Crippen molar-refractivity contribution in [3.8, 4) is 11.3 Å². The summed E-state index contributed by atoms with van der Waals surface area (Å²) in [6, 6.07) is 11.7. The molecule has 0 unspecified atom stereocenters. The summed E-state index contributed by atoms with van der Waals surface area (Å²) in [6.07, 6.45) is -4.60. The number of nitrogens with one attached hydrogen (secondary N) is 1. The van der Waals surface area contributed by atoms with Gasteiger partial charge < -0.3 is 5.32 Å². The zero-order valence-electron chi connectivity index (χ0n) is 16.4.